The first-order chi connectivity index (χ1) is 15.3. The molecular formula is C29H26NaOSi+. The molecule has 3 aromatic carbocycles. The van der Waals surface area contributed by atoms with E-state index in [1.54, 1.807) is 0 Å². The number of fused-ring (bicyclic) bond motifs is 3. The van der Waals surface area contributed by atoms with Crippen LogP contribution in [0, 0.1) is 0 Å². The fourth-order valence-corrected chi connectivity index (χ4v) is 11.7. The first kappa shape index (κ1) is 21.9. The third-order valence-corrected chi connectivity index (χ3v) is 12.5. The van der Waals surface area contributed by atoms with Crippen LogP contribution in [0.25, 0.3) is 18.2 Å². The standard InChI is InChI=1S/C29H26OSi.Na/c1-2-30-31(27-18-15-21-9-3-6-12-24(21)27,28-19-16-22-10-4-7-13-25(22)28)29-20-17-23-11-5-8-14-26(23)29;/h3-20,27-29H,2H2,1H3;/q;+1. The van der Waals surface area contributed by atoms with E-state index < -0.39 is 8.32 Å². The molecule has 3 atom stereocenters. The maximum Gasteiger partial charge on any atom is 1.00 e. The van der Waals surface area contributed by atoms with E-state index in [9.17, 15) is 0 Å². The molecule has 0 saturated carbocycles. The second-order valence-corrected chi connectivity index (χ2v) is 12.5. The van der Waals surface area contributed by atoms with Gasteiger partial charge in [0.05, 0.1) is 0 Å². The molecule has 3 aliphatic carbocycles. The van der Waals surface area contributed by atoms with Gasteiger partial charge in [0.15, 0.2) is 0 Å². The van der Waals surface area contributed by atoms with Gasteiger partial charge in [0.25, 0.3) is 0 Å². The summed E-state index contributed by atoms with van der Waals surface area (Å²) in [5, 5.41) is 0. The van der Waals surface area contributed by atoms with Crippen molar-refractivity contribution in [1.29, 1.82) is 0 Å². The zero-order valence-electron chi connectivity index (χ0n) is 18.7. The normalized spacial score (nSPS) is 23.3. The molecule has 0 aromatic heterocycles. The van der Waals surface area contributed by atoms with Gasteiger partial charge in [0.2, 0.25) is 8.32 Å². The smallest absolute Gasteiger partial charge is 0.414 e. The fourth-order valence-electron chi connectivity index (χ4n) is 6.03. The summed E-state index contributed by atoms with van der Waals surface area (Å²) in [7, 11) is -2.51. The van der Waals surface area contributed by atoms with Crippen LogP contribution in [0.5, 0.6) is 0 Å². The summed E-state index contributed by atoms with van der Waals surface area (Å²) in [5.74, 6) is 0. The molecule has 0 heterocycles. The molecule has 0 bridgehead atoms. The molecule has 6 rings (SSSR count). The van der Waals surface area contributed by atoms with Gasteiger partial charge >= 0.3 is 29.6 Å². The molecule has 3 aliphatic rings. The summed E-state index contributed by atoms with van der Waals surface area (Å²) in [5.41, 5.74) is 9.24. The molecule has 0 N–H and O–H groups in total. The molecule has 32 heavy (non-hydrogen) atoms. The largest absolute Gasteiger partial charge is 1.00 e. The van der Waals surface area contributed by atoms with Crippen molar-refractivity contribution in [2.24, 2.45) is 0 Å². The fraction of sp³-hybridized carbons (Fsp3) is 0.172. The molecule has 0 amide bonds. The van der Waals surface area contributed by atoms with Crippen LogP contribution in [0.2, 0.25) is 0 Å². The first-order valence-corrected chi connectivity index (χ1v) is 13.4. The Kier molecular flexibility index (Phi) is 6.00. The predicted octanol–water partition coefficient (Wildman–Crippen LogP) is 4.02. The molecule has 3 heteroatoms. The number of hydrogen-bond acceptors (Lipinski definition) is 1. The third-order valence-electron chi connectivity index (χ3n) is 7.25. The molecule has 0 aliphatic heterocycles. The molecule has 0 spiro atoms. The minimum Gasteiger partial charge on any atom is -0.414 e. The van der Waals surface area contributed by atoms with Gasteiger partial charge in [-0.2, -0.15) is 0 Å². The monoisotopic (exact) mass is 441 g/mol. The Labute approximate surface area is 214 Å². The van der Waals surface area contributed by atoms with Crippen molar-refractivity contribution in [3.05, 3.63) is 124 Å². The molecule has 0 saturated heterocycles. The van der Waals surface area contributed by atoms with Gasteiger partial charge in [0, 0.05) is 23.2 Å². The van der Waals surface area contributed by atoms with E-state index in [4.69, 9.17) is 4.43 Å². The van der Waals surface area contributed by atoms with Crippen molar-refractivity contribution in [3.63, 3.8) is 0 Å². The quantitative estimate of drug-likeness (QED) is 0.544. The summed E-state index contributed by atoms with van der Waals surface area (Å²) in [4.78, 5) is 0. The van der Waals surface area contributed by atoms with Crippen molar-refractivity contribution < 1.29 is 34.0 Å². The SMILES string of the molecule is CCO[Si](C1C=Cc2ccccc21)(C1C=Cc2ccccc21)C1C=Cc2ccccc21.[Na+]. The maximum atomic E-state index is 7.14. The summed E-state index contributed by atoms with van der Waals surface area (Å²) >= 11 is 0. The van der Waals surface area contributed by atoms with E-state index in [1.807, 2.05) is 0 Å². The van der Waals surface area contributed by atoms with Gasteiger partial charge in [-0.05, 0) is 40.3 Å². The Morgan fingerprint density at radius 3 is 1.28 bits per heavy atom. The molecule has 3 unspecified atom stereocenters. The number of rotatable bonds is 5. The van der Waals surface area contributed by atoms with Crippen molar-refractivity contribution in [3.8, 4) is 0 Å². The number of hydrogen-bond donors (Lipinski definition) is 0. The number of allylic oxidation sites excluding steroid dienone is 3. The Morgan fingerprint density at radius 2 is 0.938 bits per heavy atom. The van der Waals surface area contributed by atoms with Crippen LogP contribution in [-0.4, -0.2) is 14.9 Å². The van der Waals surface area contributed by atoms with Crippen molar-refractivity contribution in [2.45, 2.75) is 23.5 Å². The average Bonchev–Trinajstić information content (AvgIpc) is 3.54. The maximum absolute atomic E-state index is 7.14. The van der Waals surface area contributed by atoms with E-state index in [1.165, 1.54) is 33.4 Å². The molecule has 0 fully saturated rings. The van der Waals surface area contributed by atoms with Gasteiger partial charge in [-0.3, -0.25) is 0 Å². The summed E-state index contributed by atoms with van der Waals surface area (Å²) < 4.78 is 7.14. The Bertz CT molecular complexity index is 1090. The zero-order chi connectivity index (χ0) is 20.8. The minimum atomic E-state index is -2.51. The van der Waals surface area contributed by atoms with Gasteiger partial charge in [-0.1, -0.05) is 109 Å². The molecular weight excluding hydrogens is 415 g/mol. The van der Waals surface area contributed by atoms with Gasteiger partial charge in [-0.25, -0.2) is 0 Å². The van der Waals surface area contributed by atoms with Crippen LogP contribution < -0.4 is 29.6 Å². The third kappa shape index (κ3) is 3.20. The van der Waals surface area contributed by atoms with Crippen molar-refractivity contribution in [2.75, 3.05) is 6.61 Å². The summed E-state index contributed by atoms with van der Waals surface area (Å²) in [6.07, 6.45) is 14.3. The Morgan fingerprint density at radius 1 is 0.594 bits per heavy atom. The topological polar surface area (TPSA) is 9.23 Å². The van der Waals surface area contributed by atoms with E-state index in [-0.39, 0.29) is 29.6 Å². The van der Waals surface area contributed by atoms with Crippen LogP contribution in [0.3, 0.4) is 0 Å². The summed E-state index contributed by atoms with van der Waals surface area (Å²) in [6, 6.07) is 26.7. The van der Waals surface area contributed by atoms with E-state index >= 15 is 0 Å². The molecule has 3 aromatic rings. The van der Waals surface area contributed by atoms with E-state index in [0.717, 1.165) is 6.61 Å². The second kappa shape index (κ2) is 8.77. The molecule has 152 valence electrons. The van der Waals surface area contributed by atoms with Crippen LogP contribution >= 0.6 is 0 Å². The van der Waals surface area contributed by atoms with Gasteiger partial charge < -0.3 is 4.43 Å². The van der Waals surface area contributed by atoms with E-state index in [0.29, 0.717) is 16.6 Å². The number of benzene rings is 3. The summed E-state index contributed by atoms with van der Waals surface area (Å²) in [6.45, 7) is 2.90. The zero-order valence-corrected chi connectivity index (χ0v) is 21.7. The average molecular weight is 442 g/mol. The van der Waals surface area contributed by atoms with Crippen molar-refractivity contribution >= 4 is 26.5 Å². The van der Waals surface area contributed by atoms with Gasteiger partial charge in [0.1, 0.15) is 0 Å². The van der Waals surface area contributed by atoms with Crippen LogP contribution in [0.15, 0.2) is 91.0 Å². The Hall–Kier alpha value is -1.94. The van der Waals surface area contributed by atoms with E-state index in [2.05, 4.69) is 116 Å². The minimum absolute atomic E-state index is 0. The van der Waals surface area contributed by atoms with Crippen LogP contribution in [0.1, 0.15) is 56.9 Å². The van der Waals surface area contributed by atoms with Crippen molar-refractivity contribution in [1.82, 2.24) is 0 Å². The molecule has 1 nitrogen and oxygen atoms in total. The van der Waals surface area contributed by atoms with Crippen LogP contribution in [-0.2, 0) is 4.43 Å². The molecule has 0 radical (unpaired) electrons. The second-order valence-electron chi connectivity index (χ2n) is 8.68. The first-order valence-electron chi connectivity index (χ1n) is 11.3. The Balaban J connectivity index is 0.00000216. The van der Waals surface area contributed by atoms with Gasteiger partial charge in [-0.15, -0.1) is 0 Å². The predicted molar refractivity (Wildman–Crippen MR) is 132 cm³/mol. The van der Waals surface area contributed by atoms with Crippen LogP contribution in [0.4, 0.5) is 0 Å².